The number of nitrogens with zero attached hydrogens (tertiary/aromatic N) is 1. The van der Waals surface area contributed by atoms with Gasteiger partial charge in [-0.05, 0) is 67.8 Å². The Morgan fingerprint density at radius 2 is 1.50 bits per heavy atom. The molecule has 0 spiro atoms. The average Bonchev–Trinajstić information content (AvgIpc) is 2.68. The molecule has 1 aromatic rings. The molecule has 1 aromatic carbocycles. The van der Waals surface area contributed by atoms with Gasteiger partial charge in [0.15, 0.2) is 12.2 Å². The zero-order chi connectivity index (χ0) is 21.6. The SMILES string of the molecule is O=C(Nc1c(I)c(CO)c(I)c(N(CCO)C(=O)C(O)CO)c1I)C(O)CO. The highest BCUT2D eigenvalue weighted by atomic mass is 127. The van der Waals surface area contributed by atoms with E-state index in [9.17, 15) is 30.0 Å². The lowest BCUT2D eigenvalue weighted by atomic mass is 10.1. The summed E-state index contributed by atoms with van der Waals surface area (Å²) >= 11 is 5.63. The molecule has 0 saturated carbocycles. The van der Waals surface area contributed by atoms with Gasteiger partial charge in [0.05, 0.1) is 41.4 Å². The number of aliphatic hydroxyl groups excluding tert-OH is 6. The Morgan fingerprint density at radius 3 is 1.96 bits per heavy atom. The number of anilines is 2. The number of halogens is 3. The minimum atomic E-state index is -1.72. The van der Waals surface area contributed by atoms with E-state index in [1.54, 1.807) is 0 Å². The van der Waals surface area contributed by atoms with E-state index in [0.29, 0.717) is 16.3 Å². The van der Waals surface area contributed by atoms with Crippen LogP contribution in [0.15, 0.2) is 0 Å². The van der Waals surface area contributed by atoms with Crippen molar-refractivity contribution >= 4 is 91.0 Å². The van der Waals surface area contributed by atoms with Crippen molar-refractivity contribution in [1.82, 2.24) is 0 Å². The lowest BCUT2D eigenvalue weighted by molar-refractivity contribution is -0.128. The van der Waals surface area contributed by atoms with Crippen molar-refractivity contribution in [2.75, 3.05) is 36.6 Å². The summed E-state index contributed by atoms with van der Waals surface area (Å²) in [5.41, 5.74) is 0.776. The van der Waals surface area contributed by atoms with Gasteiger partial charge < -0.3 is 40.9 Å². The number of nitrogens with one attached hydrogen (secondary N) is 1. The first-order chi connectivity index (χ1) is 13.2. The number of carbonyl (C=O) groups excluding carboxylic acids is 2. The largest absolute Gasteiger partial charge is 0.395 e. The Hall–Kier alpha value is 0.110. The van der Waals surface area contributed by atoms with Crippen molar-refractivity contribution in [3.05, 3.63) is 16.3 Å². The molecule has 1 rings (SSSR count). The third kappa shape index (κ3) is 5.84. The summed E-state index contributed by atoms with van der Waals surface area (Å²) in [6.45, 7) is -2.70. The first-order valence-corrected chi connectivity index (χ1v) is 11.0. The topological polar surface area (TPSA) is 171 Å². The van der Waals surface area contributed by atoms with Crippen molar-refractivity contribution < 1.29 is 40.2 Å². The number of aliphatic hydroxyl groups is 6. The summed E-state index contributed by atoms with van der Waals surface area (Å²) in [5.74, 6) is -1.75. The van der Waals surface area contributed by atoms with Crippen LogP contribution in [-0.4, -0.2) is 81.0 Å². The quantitative estimate of drug-likeness (QED) is 0.158. The van der Waals surface area contributed by atoms with Crippen LogP contribution >= 0.6 is 67.8 Å². The van der Waals surface area contributed by atoms with Crippen LogP contribution in [0.3, 0.4) is 0 Å². The van der Waals surface area contributed by atoms with Crippen molar-refractivity contribution in [1.29, 1.82) is 0 Å². The summed E-state index contributed by atoms with van der Waals surface area (Å²) in [7, 11) is 0. The zero-order valence-electron chi connectivity index (χ0n) is 14.3. The van der Waals surface area contributed by atoms with Gasteiger partial charge in [-0.1, -0.05) is 0 Å². The normalized spacial score (nSPS) is 13.2. The van der Waals surface area contributed by atoms with E-state index in [1.165, 1.54) is 0 Å². The highest BCUT2D eigenvalue weighted by Gasteiger charge is 2.30. The van der Waals surface area contributed by atoms with E-state index in [-0.39, 0.29) is 17.9 Å². The number of carbonyl (C=O) groups is 2. The van der Waals surface area contributed by atoms with E-state index < -0.39 is 50.4 Å². The molecule has 0 aliphatic rings. The van der Waals surface area contributed by atoms with E-state index >= 15 is 0 Å². The van der Waals surface area contributed by atoms with Gasteiger partial charge >= 0.3 is 0 Å². The standard InChI is InChI=1S/C15H19I3N2O8/c16-9-6(3-22)10(17)13(20(1-2-21)15(28)8(26)5-24)11(18)12(9)19-14(27)7(25)4-23/h7-8,21-26H,1-5H2,(H,19,27). The number of hydrogen-bond acceptors (Lipinski definition) is 8. The van der Waals surface area contributed by atoms with Gasteiger partial charge in [0.25, 0.3) is 11.8 Å². The summed E-state index contributed by atoms with van der Waals surface area (Å²) in [6, 6.07) is 0. The molecule has 28 heavy (non-hydrogen) atoms. The number of rotatable bonds is 9. The molecule has 2 atom stereocenters. The number of amides is 2. The molecule has 0 bridgehead atoms. The summed E-state index contributed by atoms with van der Waals surface area (Å²) in [6.07, 6.45) is -3.39. The van der Waals surface area contributed by atoms with Crippen LogP contribution in [0.4, 0.5) is 11.4 Å². The fraction of sp³-hybridized carbons (Fsp3) is 0.467. The molecule has 0 heterocycles. The van der Waals surface area contributed by atoms with Crippen LogP contribution in [0.5, 0.6) is 0 Å². The molecule has 0 fully saturated rings. The van der Waals surface area contributed by atoms with E-state index in [1.807, 2.05) is 67.8 Å². The Balaban J connectivity index is 3.66. The van der Waals surface area contributed by atoms with Gasteiger partial charge in [-0.25, -0.2) is 0 Å². The first-order valence-electron chi connectivity index (χ1n) is 7.77. The highest BCUT2D eigenvalue weighted by Crippen LogP contribution is 2.41. The molecule has 13 heteroatoms. The van der Waals surface area contributed by atoms with E-state index in [0.717, 1.165) is 4.90 Å². The van der Waals surface area contributed by atoms with Crippen molar-refractivity contribution in [2.45, 2.75) is 18.8 Å². The minimum Gasteiger partial charge on any atom is -0.395 e. The lowest BCUT2D eigenvalue weighted by Crippen LogP contribution is -2.43. The molecule has 2 amide bonds. The fourth-order valence-electron chi connectivity index (χ4n) is 2.17. The Morgan fingerprint density at radius 1 is 0.929 bits per heavy atom. The monoisotopic (exact) mass is 736 g/mol. The van der Waals surface area contributed by atoms with Crippen LogP contribution in [-0.2, 0) is 16.2 Å². The maximum atomic E-state index is 12.5. The second-order valence-corrected chi connectivity index (χ2v) is 8.64. The Labute approximate surface area is 201 Å². The van der Waals surface area contributed by atoms with Crippen LogP contribution in [0, 0.1) is 10.7 Å². The summed E-state index contributed by atoms with van der Waals surface area (Å²) < 4.78 is 1.24. The second kappa shape index (κ2) is 12.1. The Kier molecular flexibility index (Phi) is 11.3. The Bertz CT molecular complexity index is 734. The molecule has 158 valence electrons. The van der Waals surface area contributed by atoms with Gasteiger partial charge in [-0.2, -0.15) is 0 Å². The van der Waals surface area contributed by atoms with Crippen LogP contribution in [0.1, 0.15) is 5.56 Å². The fourth-order valence-corrected chi connectivity index (χ4v) is 6.53. The van der Waals surface area contributed by atoms with Crippen LogP contribution in [0.25, 0.3) is 0 Å². The van der Waals surface area contributed by atoms with Gasteiger partial charge in [-0.15, -0.1) is 0 Å². The number of benzene rings is 1. The van der Waals surface area contributed by atoms with E-state index in [2.05, 4.69) is 5.32 Å². The number of hydrogen-bond donors (Lipinski definition) is 7. The summed E-state index contributed by atoms with van der Waals surface area (Å²) in [4.78, 5) is 25.6. The molecular formula is C15H19I3N2O8. The van der Waals surface area contributed by atoms with Crippen molar-refractivity contribution in [2.24, 2.45) is 0 Å². The predicted octanol–water partition coefficient (Wildman–Crippen LogP) is -1.04. The summed E-state index contributed by atoms with van der Waals surface area (Å²) in [5, 5.41) is 58.9. The second-order valence-electron chi connectivity index (χ2n) is 5.40. The zero-order valence-corrected chi connectivity index (χ0v) is 20.7. The van der Waals surface area contributed by atoms with Gasteiger partial charge in [-0.3, -0.25) is 9.59 Å². The van der Waals surface area contributed by atoms with Crippen molar-refractivity contribution in [3.63, 3.8) is 0 Å². The minimum absolute atomic E-state index is 0.187. The van der Waals surface area contributed by atoms with Gasteiger partial charge in [0.2, 0.25) is 0 Å². The highest BCUT2D eigenvalue weighted by molar-refractivity contribution is 14.1. The predicted molar refractivity (Wildman–Crippen MR) is 125 cm³/mol. The molecule has 0 aromatic heterocycles. The average molecular weight is 736 g/mol. The molecule has 0 aliphatic carbocycles. The molecule has 0 radical (unpaired) electrons. The van der Waals surface area contributed by atoms with E-state index in [4.69, 9.17) is 10.2 Å². The van der Waals surface area contributed by atoms with Crippen LogP contribution < -0.4 is 10.2 Å². The smallest absolute Gasteiger partial charge is 0.258 e. The molecule has 7 N–H and O–H groups in total. The lowest BCUT2D eigenvalue weighted by Gasteiger charge is -2.29. The molecular weight excluding hydrogens is 717 g/mol. The third-order valence-corrected chi connectivity index (χ3v) is 6.99. The molecule has 2 unspecified atom stereocenters. The van der Waals surface area contributed by atoms with Crippen LogP contribution in [0.2, 0.25) is 0 Å². The molecule has 0 saturated heterocycles. The molecule has 10 nitrogen and oxygen atoms in total. The first kappa shape index (κ1) is 26.1. The van der Waals surface area contributed by atoms with Crippen molar-refractivity contribution in [3.8, 4) is 0 Å². The van der Waals surface area contributed by atoms with Gasteiger partial charge in [0.1, 0.15) is 0 Å². The third-order valence-electron chi connectivity index (χ3n) is 3.58. The molecule has 0 aliphatic heterocycles. The maximum absolute atomic E-state index is 12.5. The van der Waals surface area contributed by atoms with Gasteiger partial charge in [0, 0.05) is 19.2 Å². The maximum Gasteiger partial charge on any atom is 0.258 e.